The molecular formula is C27H34O9. The molecule has 0 unspecified atom stereocenters. The molecular weight excluding hydrogens is 468 g/mol. The van der Waals surface area contributed by atoms with Crippen molar-refractivity contribution in [3.63, 3.8) is 0 Å². The fourth-order valence-electron chi connectivity index (χ4n) is 7.94. The molecule has 9 nitrogen and oxygen atoms in total. The lowest BCUT2D eigenvalue weighted by Gasteiger charge is -2.71. The molecule has 1 aliphatic heterocycles. The number of ether oxygens (including phenoxy) is 2. The van der Waals surface area contributed by atoms with Gasteiger partial charge in [0, 0.05) is 17.8 Å². The second-order valence-electron chi connectivity index (χ2n) is 11.6. The molecule has 5 rings (SSSR count). The monoisotopic (exact) mass is 502 g/mol. The van der Waals surface area contributed by atoms with Gasteiger partial charge in [-0.25, -0.2) is 9.59 Å². The highest BCUT2D eigenvalue weighted by molar-refractivity contribution is 5.90. The maximum absolute atomic E-state index is 13.6. The van der Waals surface area contributed by atoms with Crippen molar-refractivity contribution in [3.05, 3.63) is 47.0 Å². The summed E-state index contributed by atoms with van der Waals surface area (Å²) in [6, 6.07) is 8.08. The number of fused-ring (bicyclic) bond motifs is 2. The Bertz CT molecular complexity index is 1150. The predicted molar refractivity (Wildman–Crippen MR) is 125 cm³/mol. The van der Waals surface area contributed by atoms with E-state index in [2.05, 4.69) is 0 Å². The Kier molecular flexibility index (Phi) is 5.36. The maximum Gasteiger partial charge on any atom is 0.343 e. The van der Waals surface area contributed by atoms with E-state index in [-0.39, 0.29) is 12.0 Å². The van der Waals surface area contributed by atoms with Gasteiger partial charge in [0.15, 0.2) is 5.60 Å². The molecule has 3 fully saturated rings. The molecule has 3 aliphatic carbocycles. The minimum absolute atomic E-state index is 0.209. The molecule has 1 aromatic carbocycles. The Hall–Kier alpha value is -2.30. The normalized spacial score (nSPS) is 45.0. The number of aliphatic hydroxyl groups excluding tert-OH is 3. The third-order valence-electron chi connectivity index (χ3n) is 9.83. The molecule has 1 aromatic rings. The Balaban J connectivity index is 1.69. The smallest absolute Gasteiger partial charge is 0.343 e. The topological polar surface area (TPSA) is 154 Å². The van der Waals surface area contributed by atoms with Crippen molar-refractivity contribution in [1.29, 1.82) is 0 Å². The molecule has 2 bridgehead atoms. The number of allylic oxidation sites excluding steroid dienone is 1. The lowest BCUT2D eigenvalue weighted by molar-refractivity contribution is -0.340. The molecule has 8 atom stereocenters. The molecule has 5 N–H and O–H groups in total. The van der Waals surface area contributed by atoms with Crippen molar-refractivity contribution in [2.24, 2.45) is 16.7 Å². The van der Waals surface area contributed by atoms with Crippen LogP contribution in [0.5, 0.6) is 0 Å². The Morgan fingerprint density at radius 3 is 2.39 bits per heavy atom. The van der Waals surface area contributed by atoms with Crippen molar-refractivity contribution < 1.29 is 44.6 Å². The van der Waals surface area contributed by atoms with Crippen LogP contribution in [-0.2, 0) is 14.3 Å². The molecule has 4 aliphatic rings. The first kappa shape index (κ1) is 25.4. The van der Waals surface area contributed by atoms with Gasteiger partial charge in [0.25, 0.3) is 0 Å². The van der Waals surface area contributed by atoms with E-state index in [1.807, 2.05) is 0 Å². The predicted octanol–water partition coefficient (Wildman–Crippen LogP) is 0.860. The van der Waals surface area contributed by atoms with Crippen molar-refractivity contribution in [2.45, 2.75) is 82.1 Å². The lowest BCUT2D eigenvalue weighted by atomic mass is 9.38. The molecule has 0 aromatic heterocycles. The molecule has 2 saturated carbocycles. The summed E-state index contributed by atoms with van der Waals surface area (Å²) in [5, 5.41) is 58.4. The number of hydrogen-bond donors (Lipinski definition) is 5. The van der Waals surface area contributed by atoms with Crippen molar-refractivity contribution >= 4 is 11.9 Å². The van der Waals surface area contributed by atoms with Gasteiger partial charge in [-0.15, -0.1) is 0 Å². The largest absolute Gasteiger partial charge is 0.456 e. The van der Waals surface area contributed by atoms with Crippen LogP contribution in [0.2, 0.25) is 0 Å². The van der Waals surface area contributed by atoms with Crippen molar-refractivity contribution in [1.82, 2.24) is 0 Å². The van der Waals surface area contributed by atoms with Crippen LogP contribution in [0.3, 0.4) is 0 Å². The summed E-state index contributed by atoms with van der Waals surface area (Å²) < 4.78 is 11.4. The zero-order valence-corrected chi connectivity index (χ0v) is 20.9. The first-order chi connectivity index (χ1) is 16.7. The third-order valence-corrected chi connectivity index (χ3v) is 9.83. The van der Waals surface area contributed by atoms with Gasteiger partial charge < -0.3 is 35.0 Å². The molecule has 1 saturated heterocycles. The highest BCUT2D eigenvalue weighted by Gasteiger charge is 2.84. The number of rotatable bonds is 3. The molecule has 0 spiro atoms. The summed E-state index contributed by atoms with van der Waals surface area (Å²) in [6.45, 7) is 5.57. The SMILES string of the molecule is CC1=C2[C@@]3(O)C(=O)OC(C)(C)[C@]2(CC1)[C@@H](O)[C@@H]1[C@](O)(CO)[C@@H](OC(=O)c2ccccc2)C[C@H](O)[C@]13C. The van der Waals surface area contributed by atoms with Gasteiger partial charge in [-0.1, -0.05) is 30.7 Å². The summed E-state index contributed by atoms with van der Waals surface area (Å²) in [5.41, 5.74) is -7.81. The highest BCUT2D eigenvalue weighted by atomic mass is 16.6. The number of cyclic esters (lactones) is 1. The van der Waals surface area contributed by atoms with E-state index in [1.54, 1.807) is 39.0 Å². The van der Waals surface area contributed by atoms with E-state index in [0.717, 1.165) is 5.57 Å². The Morgan fingerprint density at radius 2 is 1.78 bits per heavy atom. The van der Waals surface area contributed by atoms with Crippen LogP contribution in [0.15, 0.2) is 41.5 Å². The molecule has 1 heterocycles. The van der Waals surface area contributed by atoms with Crippen LogP contribution < -0.4 is 0 Å². The molecule has 36 heavy (non-hydrogen) atoms. The number of hydrogen-bond acceptors (Lipinski definition) is 9. The zero-order chi connectivity index (χ0) is 26.5. The number of benzene rings is 1. The summed E-state index contributed by atoms with van der Waals surface area (Å²) in [5.74, 6) is -3.19. The summed E-state index contributed by atoms with van der Waals surface area (Å²) >= 11 is 0. The minimum atomic E-state index is -2.37. The van der Waals surface area contributed by atoms with Crippen LogP contribution >= 0.6 is 0 Å². The van der Waals surface area contributed by atoms with E-state index in [4.69, 9.17) is 9.47 Å². The van der Waals surface area contributed by atoms with Gasteiger partial charge in [-0.05, 0) is 51.3 Å². The zero-order valence-electron chi connectivity index (χ0n) is 20.9. The Labute approximate surface area is 209 Å². The van der Waals surface area contributed by atoms with E-state index in [1.165, 1.54) is 19.1 Å². The van der Waals surface area contributed by atoms with Gasteiger partial charge in [-0.3, -0.25) is 0 Å². The number of carbonyl (C=O) groups excluding carboxylic acids is 2. The van der Waals surface area contributed by atoms with Gasteiger partial charge in [0.1, 0.15) is 17.3 Å². The average Bonchev–Trinajstić information content (AvgIpc) is 3.21. The quantitative estimate of drug-likeness (QED) is 0.299. The molecule has 196 valence electrons. The summed E-state index contributed by atoms with van der Waals surface area (Å²) in [7, 11) is 0. The maximum atomic E-state index is 13.6. The Morgan fingerprint density at radius 1 is 1.14 bits per heavy atom. The van der Waals surface area contributed by atoms with Gasteiger partial charge in [0.2, 0.25) is 0 Å². The van der Waals surface area contributed by atoms with Gasteiger partial charge in [-0.2, -0.15) is 0 Å². The molecule has 0 radical (unpaired) electrons. The third kappa shape index (κ3) is 2.67. The number of esters is 2. The summed E-state index contributed by atoms with van der Waals surface area (Å²) in [6.07, 6.45) is -3.97. The number of carbonyl (C=O) groups is 2. The van der Waals surface area contributed by atoms with E-state index < -0.39 is 70.4 Å². The second-order valence-corrected chi connectivity index (χ2v) is 11.6. The first-order valence-corrected chi connectivity index (χ1v) is 12.4. The minimum Gasteiger partial charge on any atom is -0.456 e. The van der Waals surface area contributed by atoms with Crippen LogP contribution in [0.25, 0.3) is 0 Å². The van der Waals surface area contributed by atoms with E-state index in [0.29, 0.717) is 18.4 Å². The summed E-state index contributed by atoms with van der Waals surface area (Å²) in [4.78, 5) is 26.4. The lowest BCUT2D eigenvalue weighted by Crippen LogP contribution is -2.85. The van der Waals surface area contributed by atoms with E-state index >= 15 is 0 Å². The second kappa shape index (κ2) is 7.61. The van der Waals surface area contributed by atoms with Crippen LogP contribution in [0.1, 0.15) is 57.3 Å². The molecule has 9 heteroatoms. The van der Waals surface area contributed by atoms with Crippen LogP contribution in [0, 0.1) is 16.7 Å². The number of aliphatic hydroxyl groups is 5. The van der Waals surface area contributed by atoms with E-state index in [9.17, 15) is 35.1 Å². The molecule has 0 amide bonds. The first-order valence-electron chi connectivity index (χ1n) is 12.4. The fraction of sp³-hybridized carbons (Fsp3) is 0.630. The highest BCUT2D eigenvalue weighted by Crippen LogP contribution is 2.73. The average molecular weight is 503 g/mol. The van der Waals surface area contributed by atoms with Crippen LogP contribution in [0.4, 0.5) is 0 Å². The van der Waals surface area contributed by atoms with Crippen LogP contribution in [-0.4, -0.2) is 79.2 Å². The fourth-order valence-corrected chi connectivity index (χ4v) is 7.94. The van der Waals surface area contributed by atoms with Crippen molar-refractivity contribution in [2.75, 3.05) is 6.61 Å². The standard InChI is InChI=1S/C27H34O9/c1-14-10-11-25-18(14)27(34,22(32)36-23(25,2)3)24(4)16(29)12-17(26(33,13-28)19(24)20(25)30)35-21(31)15-8-6-5-7-9-15/h5-9,16-17,19-20,28-30,33-34H,10-13H2,1-4H3/t16-,17-,19-,20-,24+,25-,26-,27+/m0/s1. The van der Waals surface area contributed by atoms with Gasteiger partial charge >= 0.3 is 11.9 Å². The van der Waals surface area contributed by atoms with Crippen molar-refractivity contribution in [3.8, 4) is 0 Å². The van der Waals surface area contributed by atoms with Gasteiger partial charge in [0.05, 0.1) is 29.8 Å².